The predicted octanol–water partition coefficient (Wildman–Crippen LogP) is 5.82. The lowest BCUT2D eigenvalue weighted by Gasteiger charge is -2.18. The topological polar surface area (TPSA) is 68.3 Å². The molecule has 0 bridgehead atoms. The van der Waals surface area contributed by atoms with Gasteiger partial charge in [-0.15, -0.1) is 0 Å². The summed E-state index contributed by atoms with van der Waals surface area (Å²) in [7, 11) is 0. The summed E-state index contributed by atoms with van der Waals surface area (Å²) in [6.45, 7) is 0. The summed E-state index contributed by atoms with van der Waals surface area (Å²) in [6, 6.07) is 24.9. The third kappa shape index (κ3) is 2.11. The molecule has 0 spiro atoms. The molecule has 0 aliphatic heterocycles. The molecule has 0 atom stereocenters. The summed E-state index contributed by atoms with van der Waals surface area (Å²) in [5, 5.41) is 5.34. The Labute approximate surface area is 202 Å². The number of rotatable bonds is 0. The average molecular weight is 462 g/mol. The van der Waals surface area contributed by atoms with Gasteiger partial charge in [0.15, 0.2) is 22.4 Å². The van der Waals surface area contributed by atoms with E-state index in [0.29, 0.717) is 32.7 Å². The molecule has 0 heterocycles. The van der Waals surface area contributed by atoms with E-state index in [1.165, 1.54) is 0 Å². The molecule has 7 aromatic rings. The third-order valence-corrected chi connectivity index (χ3v) is 7.67. The molecule has 4 nitrogen and oxygen atoms in total. The van der Waals surface area contributed by atoms with E-state index >= 15 is 0 Å². The largest absolute Gasteiger partial charge is 0.289 e. The SMILES string of the molecule is O=C1c2ccccc2C(=O)c2c3c1cc1cccc4ccc(c5c(=O)c6ccccc6c(=O)c25)c3c41. The van der Waals surface area contributed by atoms with Gasteiger partial charge in [0.2, 0.25) is 0 Å². The van der Waals surface area contributed by atoms with Crippen molar-refractivity contribution in [3.63, 3.8) is 0 Å². The first-order valence-corrected chi connectivity index (χ1v) is 11.7. The zero-order valence-corrected chi connectivity index (χ0v) is 18.7. The van der Waals surface area contributed by atoms with Gasteiger partial charge in [-0.25, -0.2) is 0 Å². The second-order valence-corrected chi connectivity index (χ2v) is 9.40. The first-order valence-electron chi connectivity index (χ1n) is 11.7. The molecule has 0 fully saturated rings. The highest BCUT2D eigenvalue weighted by Gasteiger charge is 2.33. The average Bonchev–Trinajstić information content (AvgIpc) is 3.01. The van der Waals surface area contributed by atoms with Crippen molar-refractivity contribution < 1.29 is 9.59 Å². The first kappa shape index (κ1) is 19.4. The molecule has 0 N–H and O–H groups in total. The van der Waals surface area contributed by atoms with Gasteiger partial charge >= 0.3 is 0 Å². The molecule has 4 heteroatoms. The van der Waals surface area contributed by atoms with Crippen molar-refractivity contribution in [3.8, 4) is 0 Å². The molecule has 1 aliphatic carbocycles. The Morgan fingerprint density at radius 2 is 1.03 bits per heavy atom. The summed E-state index contributed by atoms with van der Waals surface area (Å²) < 4.78 is 0. The normalized spacial score (nSPS) is 13.3. The van der Waals surface area contributed by atoms with Crippen molar-refractivity contribution in [1.29, 1.82) is 0 Å². The maximum Gasteiger partial charge on any atom is 0.195 e. The molecule has 0 amide bonds. The van der Waals surface area contributed by atoms with Crippen molar-refractivity contribution >= 4 is 65.4 Å². The fourth-order valence-corrected chi connectivity index (χ4v) is 6.18. The summed E-state index contributed by atoms with van der Waals surface area (Å²) in [5.41, 5.74) is 0.414. The summed E-state index contributed by atoms with van der Waals surface area (Å²) in [4.78, 5) is 56.1. The van der Waals surface area contributed by atoms with Crippen molar-refractivity contribution in [2.75, 3.05) is 0 Å². The molecule has 36 heavy (non-hydrogen) atoms. The van der Waals surface area contributed by atoms with Gasteiger partial charge in [-0.05, 0) is 33.0 Å². The van der Waals surface area contributed by atoms with E-state index in [2.05, 4.69) is 0 Å². The fourth-order valence-electron chi connectivity index (χ4n) is 6.18. The molecule has 0 saturated carbocycles. The molecule has 7 aromatic carbocycles. The zero-order valence-electron chi connectivity index (χ0n) is 18.7. The van der Waals surface area contributed by atoms with Crippen LogP contribution in [0.15, 0.2) is 94.5 Å². The van der Waals surface area contributed by atoms with Crippen LogP contribution in [0.2, 0.25) is 0 Å². The van der Waals surface area contributed by atoms with Crippen LogP contribution in [0.1, 0.15) is 31.8 Å². The van der Waals surface area contributed by atoms with Crippen molar-refractivity contribution in [2.24, 2.45) is 0 Å². The van der Waals surface area contributed by atoms with Crippen LogP contribution in [-0.2, 0) is 0 Å². The van der Waals surface area contributed by atoms with Gasteiger partial charge < -0.3 is 0 Å². The summed E-state index contributed by atoms with van der Waals surface area (Å²) in [6.07, 6.45) is 0. The van der Waals surface area contributed by atoms with Crippen LogP contribution in [0.5, 0.6) is 0 Å². The number of benzene rings is 7. The Bertz CT molecular complexity index is 2280. The lowest BCUT2D eigenvalue weighted by atomic mass is 9.83. The molecule has 0 unspecified atom stereocenters. The lowest BCUT2D eigenvalue weighted by Crippen LogP contribution is -2.17. The van der Waals surface area contributed by atoms with E-state index in [4.69, 9.17) is 0 Å². The monoisotopic (exact) mass is 462 g/mol. The van der Waals surface area contributed by atoms with Gasteiger partial charge in [0.1, 0.15) is 0 Å². The molecule has 8 rings (SSSR count). The Morgan fingerprint density at radius 3 is 1.78 bits per heavy atom. The zero-order chi connectivity index (χ0) is 24.3. The smallest absolute Gasteiger partial charge is 0.195 e. The molecule has 0 saturated heterocycles. The number of carbonyl (C=O) groups is 2. The molecular weight excluding hydrogens is 448 g/mol. The van der Waals surface area contributed by atoms with E-state index < -0.39 is 5.78 Å². The molecular formula is C32H14O4. The van der Waals surface area contributed by atoms with E-state index in [9.17, 15) is 19.2 Å². The molecule has 1 aliphatic rings. The number of hydrogen-bond acceptors (Lipinski definition) is 4. The number of hydrogen-bond donors (Lipinski definition) is 0. The maximum atomic E-state index is 14.2. The minimum absolute atomic E-state index is 0.0975. The molecule has 0 aromatic heterocycles. The maximum absolute atomic E-state index is 14.2. The lowest BCUT2D eigenvalue weighted by molar-refractivity contribution is 0.101. The van der Waals surface area contributed by atoms with Gasteiger partial charge in [-0.2, -0.15) is 0 Å². The van der Waals surface area contributed by atoms with Gasteiger partial charge in [-0.1, -0.05) is 78.9 Å². The van der Waals surface area contributed by atoms with Crippen LogP contribution >= 0.6 is 0 Å². The standard InChI is InChI=1S/C32H14O4/c33-29-17-8-1-2-9-18(17)31(35)27-25-22(29)14-16-7-5-6-15-12-13-21(24(25)23(15)16)26-28(27)32(36)20-11-4-3-10-19(20)30(26)34/h1-14H. The Hall–Kier alpha value is -4.96. The highest BCUT2D eigenvalue weighted by Crippen LogP contribution is 2.44. The summed E-state index contributed by atoms with van der Waals surface area (Å²) >= 11 is 0. The minimum atomic E-state index is -0.410. The quantitative estimate of drug-likeness (QED) is 0.210. The van der Waals surface area contributed by atoms with Crippen LogP contribution in [0, 0.1) is 0 Å². The van der Waals surface area contributed by atoms with E-state index in [-0.39, 0.29) is 43.9 Å². The second kappa shape index (κ2) is 6.37. The predicted molar refractivity (Wildman–Crippen MR) is 142 cm³/mol. The van der Waals surface area contributed by atoms with Crippen LogP contribution in [-0.4, -0.2) is 11.6 Å². The highest BCUT2D eigenvalue weighted by atomic mass is 16.1. The van der Waals surface area contributed by atoms with Gasteiger partial charge in [0.05, 0.1) is 0 Å². The van der Waals surface area contributed by atoms with Crippen LogP contribution in [0.25, 0.3) is 53.9 Å². The van der Waals surface area contributed by atoms with E-state index in [1.807, 2.05) is 36.4 Å². The minimum Gasteiger partial charge on any atom is -0.289 e. The van der Waals surface area contributed by atoms with Gasteiger partial charge in [0.25, 0.3) is 0 Å². The first-order chi connectivity index (χ1) is 17.6. The number of fused-ring (bicyclic) bond motifs is 5. The Morgan fingerprint density at radius 1 is 0.389 bits per heavy atom. The van der Waals surface area contributed by atoms with Gasteiger partial charge in [0, 0.05) is 49.2 Å². The van der Waals surface area contributed by atoms with Crippen LogP contribution in [0.3, 0.4) is 0 Å². The Balaban J connectivity index is 1.82. The van der Waals surface area contributed by atoms with E-state index in [1.54, 1.807) is 48.5 Å². The van der Waals surface area contributed by atoms with Crippen molar-refractivity contribution in [2.45, 2.75) is 0 Å². The summed E-state index contributed by atoms with van der Waals surface area (Å²) in [5.74, 6) is -0.673. The van der Waals surface area contributed by atoms with Crippen LogP contribution < -0.4 is 10.9 Å². The molecule has 0 radical (unpaired) electrons. The second-order valence-electron chi connectivity index (χ2n) is 9.40. The fraction of sp³-hybridized carbons (Fsp3) is 0. The number of ketones is 2. The highest BCUT2D eigenvalue weighted by molar-refractivity contribution is 6.42. The van der Waals surface area contributed by atoms with Crippen molar-refractivity contribution in [3.05, 3.63) is 128 Å². The van der Waals surface area contributed by atoms with Crippen molar-refractivity contribution in [1.82, 2.24) is 0 Å². The molecule has 166 valence electrons. The van der Waals surface area contributed by atoms with E-state index in [0.717, 1.165) is 16.2 Å². The number of carbonyl (C=O) groups excluding carboxylic acids is 2. The third-order valence-electron chi connectivity index (χ3n) is 7.67. The Kier molecular flexibility index (Phi) is 3.43. The van der Waals surface area contributed by atoms with Crippen LogP contribution in [0.4, 0.5) is 0 Å². The van der Waals surface area contributed by atoms with Gasteiger partial charge in [-0.3, -0.25) is 19.2 Å².